The highest BCUT2D eigenvalue weighted by atomic mass is 16.6. The molecule has 0 saturated carbocycles. The first kappa shape index (κ1) is 10.7. The summed E-state index contributed by atoms with van der Waals surface area (Å²) in [6.07, 6.45) is 1.27. The van der Waals surface area contributed by atoms with Gasteiger partial charge in [-0.15, -0.1) is 0 Å². The molecular weight excluding hydrogens is 218 g/mol. The lowest BCUT2D eigenvalue weighted by atomic mass is 10.3. The second-order valence-electron chi connectivity index (χ2n) is 4.17. The van der Waals surface area contributed by atoms with Crippen molar-refractivity contribution in [1.29, 1.82) is 0 Å². The topological polar surface area (TPSA) is 52.5 Å². The van der Waals surface area contributed by atoms with E-state index in [1.165, 1.54) is 0 Å². The van der Waals surface area contributed by atoms with Crippen LogP contribution in [0.25, 0.3) is 11.0 Å². The molecule has 1 atom stereocenters. The van der Waals surface area contributed by atoms with Crippen molar-refractivity contribution < 1.29 is 9.47 Å². The first-order valence-electron chi connectivity index (χ1n) is 5.91. The van der Waals surface area contributed by atoms with E-state index in [0.717, 1.165) is 37.2 Å². The van der Waals surface area contributed by atoms with Crippen LogP contribution in [0.2, 0.25) is 0 Å². The minimum absolute atomic E-state index is 0.348. The molecule has 1 aromatic heterocycles. The van der Waals surface area contributed by atoms with E-state index in [-0.39, 0.29) is 0 Å². The average Bonchev–Trinajstić information content (AvgIpc) is 3.07. The molecule has 5 heteroatoms. The van der Waals surface area contributed by atoms with Gasteiger partial charge in [0.05, 0.1) is 19.8 Å². The summed E-state index contributed by atoms with van der Waals surface area (Å²) in [6, 6.07) is 7.89. The van der Waals surface area contributed by atoms with Crippen molar-refractivity contribution in [2.75, 3.05) is 19.8 Å². The molecule has 0 amide bonds. The first-order chi connectivity index (χ1) is 8.42. The number of nitrogens with zero attached hydrogens (tertiary/aromatic N) is 3. The summed E-state index contributed by atoms with van der Waals surface area (Å²) >= 11 is 0. The number of hydrogen-bond donors (Lipinski definition) is 0. The zero-order valence-corrected chi connectivity index (χ0v) is 9.58. The van der Waals surface area contributed by atoms with Gasteiger partial charge in [-0.1, -0.05) is 12.1 Å². The van der Waals surface area contributed by atoms with Crippen LogP contribution >= 0.6 is 0 Å². The Bertz CT molecular complexity index is 460. The third-order valence-electron chi connectivity index (χ3n) is 2.68. The number of epoxide rings is 1. The molecule has 2 aromatic rings. The number of hydrogen-bond acceptors (Lipinski definition) is 4. The molecule has 1 unspecified atom stereocenters. The fraction of sp³-hybridized carbons (Fsp3) is 0.500. The van der Waals surface area contributed by atoms with Gasteiger partial charge in [-0.3, -0.25) is 0 Å². The molecule has 1 aromatic carbocycles. The molecule has 0 N–H and O–H groups in total. The summed E-state index contributed by atoms with van der Waals surface area (Å²) < 4.78 is 10.5. The monoisotopic (exact) mass is 233 g/mol. The van der Waals surface area contributed by atoms with Crippen molar-refractivity contribution in [3.05, 3.63) is 24.3 Å². The minimum atomic E-state index is 0.348. The Labute approximate surface area is 99.3 Å². The second-order valence-corrected chi connectivity index (χ2v) is 4.17. The average molecular weight is 233 g/mol. The van der Waals surface area contributed by atoms with Crippen molar-refractivity contribution in [1.82, 2.24) is 15.0 Å². The third-order valence-corrected chi connectivity index (χ3v) is 2.68. The van der Waals surface area contributed by atoms with Gasteiger partial charge < -0.3 is 9.47 Å². The molecule has 90 valence electrons. The number of ether oxygens (including phenoxy) is 2. The van der Waals surface area contributed by atoms with Gasteiger partial charge in [0.25, 0.3) is 0 Å². The molecule has 2 heterocycles. The molecular formula is C12H15N3O2. The Morgan fingerprint density at radius 3 is 2.65 bits per heavy atom. The molecule has 1 fully saturated rings. The van der Waals surface area contributed by atoms with Crippen molar-refractivity contribution >= 4 is 11.0 Å². The van der Waals surface area contributed by atoms with Crippen LogP contribution in [0.15, 0.2) is 24.3 Å². The summed E-state index contributed by atoms with van der Waals surface area (Å²) in [7, 11) is 0. The fourth-order valence-electron chi connectivity index (χ4n) is 1.69. The van der Waals surface area contributed by atoms with E-state index in [2.05, 4.69) is 10.2 Å². The van der Waals surface area contributed by atoms with Crippen molar-refractivity contribution in [3.63, 3.8) is 0 Å². The zero-order chi connectivity index (χ0) is 11.5. The number of rotatable bonds is 6. The molecule has 0 radical (unpaired) electrons. The van der Waals surface area contributed by atoms with Crippen LogP contribution in [0.4, 0.5) is 0 Å². The van der Waals surface area contributed by atoms with Crippen LogP contribution in [-0.4, -0.2) is 40.9 Å². The van der Waals surface area contributed by atoms with E-state index in [1.807, 2.05) is 24.3 Å². The van der Waals surface area contributed by atoms with Gasteiger partial charge in [0.1, 0.15) is 17.1 Å². The van der Waals surface area contributed by atoms with E-state index in [9.17, 15) is 0 Å². The van der Waals surface area contributed by atoms with E-state index in [0.29, 0.717) is 12.7 Å². The Morgan fingerprint density at radius 2 is 2.00 bits per heavy atom. The number of fused-ring (bicyclic) bond motifs is 1. The molecule has 1 aliphatic heterocycles. The maximum Gasteiger partial charge on any atom is 0.113 e. The Balaban J connectivity index is 1.46. The highest BCUT2D eigenvalue weighted by molar-refractivity contribution is 5.72. The van der Waals surface area contributed by atoms with Crippen LogP contribution in [0, 0.1) is 0 Å². The lowest BCUT2D eigenvalue weighted by molar-refractivity contribution is 0.110. The summed E-state index contributed by atoms with van der Waals surface area (Å²) in [5.41, 5.74) is 1.89. The SMILES string of the molecule is c1ccc2nn(CCCOCC3CO3)nc2c1. The molecule has 1 saturated heterocycles. The summed E-state index contributed by atoms with van der Waals surface area (Å²) in [4.78, 5) is 1.74. The summed E-state index contributed by atoms with van der Waals surface area (Å²) in [5.74, 6) is 0. The van der Waals surface area contributed by atoms with Crippen molar-refractivity contribution in [2.24, 2.45) is 0 Å². The molecule has 0 spiro atoms. The quantitative estimate of drug-likeness (QED) is 0.556. The van der Waals surface area contributed by atoms with Crippen LogP contribution in [0.3, 0.4) is 0 Å². The Morgan fingerprint density at radius 1 is 1.29 bits per heavy atom. The fourth-order valence-corrected chi connectivity index (χ4v) is 1.69. The highest BCUT2D eigenvalue weighted by Gasteiger charge is 2.21. The lowest BCUT2D eigenvalue weighted by Crippen LogP contribution is -2.08. The number of aromatic nitrogens is 3. The third kappa shape index (κ3) is 2.81. The van der Waals surface area contributed by atoms with E-state index >= 15 is 0 Å². The smallest absolute Gasteiger partial charge is 0.113 e. The van der Waals surface area contributed by atoms with Gasteiger partial charge in [-0.05, 0) is 18.6 Å². The van der Waals surface area contributed by atoms with E-state index in [1.54, 1.807) is 4.80 Å². The summed E-state index contributed by atoms with van der Waals surface area (Å²) in [6.45, 7) is 3.10. The predicted molar refractivity (Wildman–Crippen MR) is 62.7 cm³/mol. The molecule has 5 nitrogen and oxygen atoms in total. The van der Waals surface area contributed by atoms with Crippen LogP contribution in [0.5, 0.6) is 0 Å². The molecule has 0 aliphatic carbocycles. The van der Waals surface area contributed by atoms with Gasteiger partial charge >= 0.3 is 0 Å². The van der Waals surface area contributed by atoms with Crippen LogP contribution in [-0.2, 0) is 16.0 Å². The first-order valence-corrected chi connectivity index (χ1v) is 5.91. The molecule has 1 aliphatic rings. The van der Waals surface area contributed by atoms with Gasteiger partial charge in [0, 0.05) is 6.61 Å². The number of aryl methyl sites for hydroxylation is 1. The van der Waals surface area contributed by atoms with Crippen molar-refractivity contribution in [2.45, 2.75) is 19.1 Å². The van der Waals surface area contributed by atoms with Crippen LogP contribution < -0.4 is 0 Å². The maximum absolute atomic E-state index is 5.46. The predicted octanol–water partition coefficient (Wildman–Crippen LogP) is 1.24. The van der Waals surface area contributed by atoms with Gasteiger partial charge in [0.15, 0.2) is 0 Å². The molecule has 0 bridgehead atoms. The standard InChI is InChI=1S/C12H15N3O2/c1-2-5-12-11(4-1)13-15(14-12)6-3-7-16-8-10-9-17-10/h1-2,4-5,10H,3,6-9H2. The molecule has 3 rings (SSSR count). The molecule has 17 heavy (non-hydrogen) atoms. The van der Waals surface area contributed by atoms with Crippen molar-refractivity contribution in [3.8, 4) is 0 Å². The highest BCUT2D eigenvalue weighted by Crippen LogP contribution is 2.09. The van der Waals surface area contributed by atoms with Gasteiger partial charge in [-0.25, -0.2) is 0 Å². The maximum atomic E-state index is 5.46. The number of benzene rings is 1. The zero-order valence-electron chi connectivity index (χ0n) is 9.58. The Kier molecular flexibility index (Phi) is 3.02. The Hall–Kier alpha value is -1.46. The van der Waals surface area contributed by atoms with Gasteiger partial charge in [-0.2, -0.15) is 15.0 Å². The largest absolute Gasteiger partial charge is 0.379 e. The van der Waals surface area contributed by atoms with Crippen LogP contribution in [0.1, 0.15) is 6.42 Å². The second kappa shape index (κ2) is 4.81. The van der Waals surface area contributed by atoms with Gasteiger partial charge in [0.2, 0.25) is 0 Å². The summed E-state index contributed by atoms with van der Waals surface area (Å²) in [5, 5.41) is 8.77. The normalized spacial score (nSPS) is 18.7. The van der Waals surface area contributed by atoms with E-state index in [4.69, 9.17) is 9.47 Å². The lowest BCUT2D eigenvalue weighted by Gasteiger charge is -2.01. The van der Waals surface area contributed by atoms with E-state index < -0.39 is 0 Å². The minimum Gasteiger partial charge on any atom is -0.379 e.